The Kier molecular flexibility index (Phi) is 8.67. The van der Waals surface area contributed by atoms with Gasteiger partial charge in [0.15, 0.2) is 5.82 Å². The van der Waals surface area contributed by atoms with E-state index in [-0.39, 0.29) is 11.8 Å². The lowest BCUT2D eigenvalue weighted by molar-refractivity contribution is -0.135. The largest absolute Gasteiger partial charge is 0.343 e. The Bertz CT molecular complexity index is 1010. The maximum atomic E-state index is 13.6. The van der Waals surface area contributed by atoms with E-state index in [0.717, 1.165) is 31.5 Å². The van der Waals surface area contributed by atoms with Crippen LogP contribution in [0.1, 0.15) is 65.0 Å². The molecule has 35 heavy (non-hydrogen) atoms. The summed E-state index contributed by atoms with van der Waals surface area (Å²) >= 11 is 0. The first-order valence-electron chi connectivity index (χ1n) is 12.4. The third-order valence-electron chi connectivity index (χ3n) is 6.38. The van der Waals surface area contributed by atoms with E-state index in [1.165, 1.54) is 0 Å². The molecule has 3 amide bonds. The molecule has 0 aliphatic carbocycles. The second-order valence-electron chi connectivity index (χ2n) is 10.1. The van der Waals surface area contributed by atoms with Crippen molar-refractivity contribution in [2.75, 3.05) is 18.4 Å². The molecule has 0 radical (unpaired) electrons. The molecule has 190 valence electrons. The summed E-state index contributed by atoms with van der Waals surface area (Å²) < 4.78 is 1.74. The standard InChI is InChI=1S/C26H38N6O3/c1-5-9-20(29-25(35)26(3,4)27)23(33)30-21-16-32(17-28-21)22(19-10-7-6-8-11-19)24(34)31-14-12-18(2)13-15-31/h6-8,10-11,16-18,20,22H,5,9,12-15,27H2,1-4H3,(H,29,35)(H,30,33). The number of anilines is 1. The molecular weight excluding hydrogens is 444 g/mol. The highest BCUT2D eigenvalue weighted by atomic mass is 16.2. The molecule has 1 aliphatic heterocycles. The Morgan fingerprint density at radius 2 is 1.83 bits per heavy atom. The van der Waals surface area contributed by atoms with Crippen molar-refractivity contribution in [3.05, 3.63) is 48.4 Å². The number of benzene rings is 1. The number of hydrogen-bond acceptors (Lipinski definition) is 5. The Morgan fingerprint density at radius 1 is 1.17 bits per heavy atom. The van der Waals surface area contributed by atoms with Crippen LogP contribution in [-0.2, 0) is 14.4 Å². The maximum absolute atomic E-state index is 13.6. The monoisotopic (exact) mass is 482 g/mol. The molecule has 9 heteroatoms. The summed E-state index contributed by atoms with van der Waals surface area (Å²) in [5.41, 5.74) is 5.63. The first-order valence-corrected chi connectivity index (χ1v) is 12.4. The molecule has 1 saturated heterocycles. The fraction of sp³-hybridized carbons (Fsp3) is 0.538. The van der Waals surface area contributed by atoms with Crippen LogP contribution in [-0.4, -0.2) is 56.8 Å². The van der Waals surface area contributed by atoms with E-state index in [4.69, 9.17) is 5.73 Å². The zero-order chi connectivity index (χ0) is 25.6. The van der Waals surface area contributed by atoms with Crippen molar-refractivity contribution >= 4 is 23.5 Å². The van der Waals surface area contributed by atoms with Gasteiger partial charge in [-0.1, -0.05) is 50.6 Å². The first kappa shape index (κ1) is 26.4. The molecule has 4 N–H and O–H groups in total. The van der Waals surface area contributed by atoms with Crippen molar-refractivity contribution in [3.8, 4) is 0 Å². The number of likely N-dealkylation sites (tertiary alicyclic amines) is 1. The number of carbonyl (C=O) groups is 3. The topological polar surface area (TPSA) is 122 Å². The summed E-state index contributed by atoms with van der Waals surface area (Å²) in [5.74, 6) is 0.174. The average molecular weight is 483 g/mol. The lowest BCUT2D eigenvalue weighted by atomic mass is 9.97. The van der Waals surface area contributed by atoms with Crippen LogP contribution in [0.2, 0.25) is 0 Å². The molecule has 9 nitrogen and oxygen atoms in total. The molecule has 1 aliphatic rings. The van der Waals surface area contributed by atoms with E-state index in [1.807, 2.05) is 42.2 Å². The van der Waals surface area contributed by atoms with Gasteiger partial charge in [-0.25, -0.2) is 4.98 Å². The fourth-order valence-electron chi connectivity index (χ4n) is 4.14. The Morgan fingerprint density at radius 3 is 2.43 bits per heavy atom. The number of imidazole rings is 1. The minimum absolute atomic E-state index is 0.0136. The second-order valence-corrected chi connectivity index (χ2v) is 10.1. The number of amides is 3. The van der Waals surface area contributed by atoms with Crippen LogP contribution in [0, 0.1) is 5.92 Å². The van der Waals surface area contributed by atoms with Crippen molar-refractivity contribution in [1.29, 1.82) is 0 Å². The van der Waals surface area contributed by atoms with Gasteiger partial charge in [-0.2, -0.15) is 0 Å². The molecule has 2 aromatic rings. The average Bonchev–Trinajstić information content (AvgIpc) is 3.27. The van der Waals surface area contributed by atoms with Crippen LogP contribution in [0.15, 0.2) is 42.9 Å². The van der Waals surface area contributed by atoms with Crippen LogP contribution < -0.4 is 16.4 Å². The minimum Gasteiger partial charge on any atom is -0.343 e. The predicted molar refractivity (Wildman–Crippen MR) is 136 cm³/mol. The van der Waals surface area contributed by atoms with E-state index >= 15 is 0 Å². The van der Waals surface area contributed by atoms with Crippen molar-refractivity contribution in [2.45, 2.75) is 71.0 Å². The number of hydrogen-bond donors (Lipinski definition) is 3. The summed E-state index contributed by atoms with van der Waals surface area (Å²) in [7, 11) is 0. The van der Waals surface area contributed by atoms with Gasteiger partial charge in [-0.15, -0.1) is 0 Å². The smallest absolute Gasteiger partial charge is 0.250 e. The minimum atomic E-state index is -1.09. The maximum Gasteiger partial charge on any atom is 0.250 e. The predicted octanol–water partition coefficient (Wildman–Crippen LogP) is 2.69. The number of carbonyl (C=O) groups excluding carboxylic acids is 3. The highest BCUT2D eigenvalue weighted by Gasteiger charge is 2.31. The SMILES string of the molecule is CCCC(NC(=O)C(C)(C)N)C(=O)Nc1cn(C(C(=O)N2CCC(C)CC2)c2ccccc2)cn1. The van der Waals surface area contributed by atoms with E-state index < -0.39 is 23.5 Å². The van der Waals surface area contributed by atoms with Gasteiger partial charge in [0.05, 0.1) is 11.9 Å². The van der Waals surface area contributed by atoms with Crippen LogP contribution in [0.5, 0.6) is 0 Å². The molecule has 2 heterocycles. The highest BCUT2D eigenvalue weighted by molar-refractivity contribution is 5.97. The molecular formula is C26H38N6O3. The zero-order valence-corrected chi connectivity index (χ0v) is 21.2. The van der Waals surface area contributed by atoms with Crippen LogP contribution in [0.4, 0.5) is 5.82 Å². The second kappa shape index (κ2) is 11.5. The highest BCUT2D eigenvalue weighted by Crippen LogP contribution is 2.25. The normalized spacial score (nSPS) is 16.4. The van der Waals surface area contributed by atoms with Crippen molar-refractivity contribution in [2.24, 2.45) is 11.7 Å². The summed E-state index contributed by atoms with van der Waals surface area (Å²) in [5, 5.41) is 5.51. The van der Waals surface area contributed by atoms with Gasteiger partial charge in [-0.05, 0) is 44.6 Å². The summed E-state index contributed by atoms with van der Waals surface area (Å²) in [6, 6.07) is 8.27. The van der Waals surface area contributed by atoms with Crippen molar-refractivity contribution in [3.63, 3.8) is 0 Å². The molecule has 0 saturated carbocycles. The fourth-order valence-corrected chi connectivity index (χ4v) is 4.14. The number of rotatable bonds is 9. The van der Waals surface area contributed by atoms with Crippen LogP contribution in [0.3, 0.4) is 0 Å². The lowest BCUT2D eigenvalue weighted by Gasteiger charge is -2.33. The summed E-state index contributed by atoms with van der Waals surface area (Å²) in [6.07, 6.45) is 6.38. The number of nitrogens with one attached hydrogen (secondary N) is 2. The number of nitrogens with zero attached hydrogens (tertiary/aromatic N) is 3. The molecule has 1 aromatic heterocycles. The van der Waals surface area contributed by atoms with E-state index in [1.54, 1.807) is 30.9 Å². The van der Waals surface area contributed by atoms with Crippen molar-refractivity contribution < 1.29 is 14.4 Å². The Hall–Kier alpha value is -3.20. The molecule has 2 unspecified atom stereocenters. The van der Waals surface area contributed by atoms with Gasteiger partial charge in [-0.3, -0.25) is 14.4 Å². The third-order valence-corrected chi connectivity index (χ3v) is 6.38. The number of nitrogens with two attached hydrogens (primary N) is 1. The molecule has 1 aromatic carbocycles. The van der Waals surface area contributed by atoms with E-state index in [9.17, 15) is 14.4 Å². The summed E-state index contributed by atoms with van der Waals surface area (Å²) in [4.78, 5) is 45.1. The molecule has 0 bridgehead atoms. The Labute approximate surface area is 207 Å². The first-order chi connectivity index (χ1) is 16.6. The lowest BCUT2D eigenvalue weighted by Crippen LogP contribution is -2.54. The molecule has 2 atom stereocenters. The van der Waals surface area contributed by atoms with E-state index in [0.29, 0.717) is 24.6 Å². The number of piperidine rings is 1. The van der Waals surface area contributed by atoms with Gasteiger partial charge in [0.25, 0.3) is 0 Å². The van der Waals surface area contributed by atoms with Gasteiger partial charge < -0.3 is 25.8 Å². The number of aromatic nitrogens is 2. The molecule has 3 rings (SSSR count). The van der Waals surface area contributed by atoms with Gasteiger partial charge in [0.2, 0.25) is 17.7 Å². The third kappa shape index (κ3) is 6.91. The van der Waals surface area contributed by atoms with E-state index in [2.05, 4.69) is 22.5 Å². The molecule has 1 fully saturated rings. The van der Waals surface area contributed by atoms with Gasteiger partial charge >= 0.3 is 0 Å². The molecule has 0 spiro atoms. The summed E-state index contributed by atoms with van der Waals surface area (Å²) in [6.45, 7) is 8.80. The quantitative estimate of drug-likeness (QED) is 0.507. The van der Waals surface area contributed by atoms with Gasteiger partial charge in [0, 0.05) is 19.3 Å². The zero-order valence-electron chi connectivity index (χ0n) is 21.2. The van der Waals surface area contributed by atoms with Crippen molar-refractivity contribution in [1.82, 2.24) is 19.8 Å². The Balaban J connectivity index is 1.79. The van der Waals surface area contributed by atoms with Crippen LogP contribution >= 0.6 is 0 Å². The van der Waals surface area contributed by atoms with Crippen LogP contribution in [0.25, 0.3) is 0 Å². The van der Waals surface area contributed by atoms with Gasteiger partial charge in [0.1, 0.15) is 12.1 Å².